The molecule has 0 saturated carbocycles. The van der Waals surface area contributed by atoms with Gasteiger partial charge in [0.05, 0.1) is 12.6 Å². The number of rotatable bonds is 0. The zero-order valence-electron chi connectivity index (χ0n) is 7.65. The maximum absolute atomic E-state index is 11.5. The van der Waals surface area contributed by atoms with Crippen LogP contribution in [0.4, 0.5) is 0 Å². The van der Waals surface area contributed by atoms with E-state index >= 15 is 0 Å². The van der Waals surface area contributed by atoms with Crippen molar-refractivity contribution in [1.82, 2.24) is 4.90 Å². The van der Waals surface area contributed by atoms with Crippen LogP contribution in [0.1, 0.15) is 25.7 Å². The van der Waals surface area contributed by atoms with Crippen LogP contribution in [-0.4, -0.2) is 40.5 Å². The molecule has 0 aromatic heterocycles. The highest BCUT2D eigenvalue weighted by atomic mass is 16.3. The van der Waals surface area contributed by atoms with E-state index in [1.165, 1.54) is 12.8 Å². The largest absolute Gasteiger partial charge is 0.391 e. The molecular formula is C10H15NO2. The third-order valence-corrected chi connectivity index (χ3v) is 4.02. The van der Waals surface area contributed by atoms with Crippen LogP contribution in [-0.2, 0) is 4.79 Å². The molecule has 4 heterocycles. The topological polar surface area (TPSA) is 40.5 Å². The van der Waals surface area contributed by atoms with Gasteiger partial charge in [0, 0.05) is 18.0 Å². The van der Waals surface area contributed by atoms with Gasteiger partial charge in [-0.15, -0.1) is 0 Å². The average Bonchev–Trinajstić information content (AvgIpc) is 2.12. The Morgan fingerprint density at radius 1 is 1.38 bits per heavy atom. The number of Topliss-reactive ketones (excluding diaryl/α,β-unsaturated/α-hetero) is 1. The molecular weight excluding hydrogens is 166 g/mol. The molecule has 5 unspecified atom stereocenters. The molecule has 72 valence electrons. The number of piperidine rings is 4. The second-order valence-electron chi connectivity index (χ2n) is 4.62. The van der Waals surface area contributed by atoms with Crippen LogP contribution in [0, 0.1) is 5.92 Å². The first-order valence-electron chi connectivity index (χ1n) is 5.24. The number of hydrogen-bond donors (Lipinski definition) is 1. The van der Waals surface area contributed by atoms with Crippen molar-refractivity contribution >= 4 is 5.78 Å². The van der Waals surface area contributed by atoms with Gasteiger partial charge in [-0.1, -0.05) is 6.42 Å². The summed E-state index contributed by atoms with van der Waals surface area (Å²) in [5, 5.41) is 9.92. The molecule has 0 aromatic rings. The lowest BCUT2D eigenvalue weighted by Gasteiger charge is -2.55. The molecule has 4 rings (SSSR count). The number of hydrogen-bond acceptors (Lipinski definition) is 3. The van der Waals surface area contributed by atoms with E-state index in [2.05, 4.69) is 4.90 Å². The van der Waals surface area contributed by atoms with Gasteiger partial charge in [-0.3, -0.25) is 9.69 Å². The van der Waals surface area contributed by atoms with Gasteiger partial charge < -0.3 is 5.11 Å². The number of aliphatic hydroxyl groups is 1. The van der Waals surface area contributed by atoms with Crippen molar-refractivity contribution in [2.45, 2.75) is 43.9 Å². The minimum Gasteiger partial charge on any atom is -0.391 e. The van der Waals surface area contributed by atoms with E-state index in [4.69, 9.17) is 0 Å². The number of carbonyl (C=O) groups is 1. The van der Waals surface area contributed by atoms with E-state index in [0.29, 0.717) is 18.6 Å². The van der Waals surface area contributed by atoms with E-state index in [0.717, 1.165) is 12.8 Å². The van der Waals surface area contributed by atoms with E-state index in [1.54, 1.807) is 0 Å². The molecule has 3 nitrogen and oxygen atoms in total. The fourth-order valence-electron chi connectivity index (χ4n) is 3.35. The maximum atomic E-state index is 11.5. The molecule has 0 aliphatic carbocycles. The summed E-state index contributed by atoms with van der Waals surface area (Å²) in [6.07, 6.45) is 4.09. The van der Waals surface area contributed by atoms with Gasteiger partial charge in [0.2, 0.25) is 0 Å². The lowest BCUT2D eigenvalue weighted by Crippen LogP contribution is -2.67. The standard InChI is InChI=1S/C10H15NO2/c12-9-5-11-6-2-1-3-8(11)10(13)7(9)4-6/h6-8,10,13H,1-5H2. The van der Waals surface area contributed by atoms with Crippen LogP contribution in [0.5, 0.6) is 0 Å². The van der Waals surface area contributed by atoms with E-state index in [9.17, 15) is 9.90 Å². The minimum absolute atomic E-state index is 0.0275. The first-order valence-corrected chi connectivity index (χ1v) is 5.24. The molecule has 5 atom stereocenters. The van der Waals surface area contributed by atoms with Gasteiger partial charge >= 0.3 is 0 Å². The Hall–Kier alpha value is -0.410. The fraction of sp³-hybridized carbons (Fsp3) is 0.900. The van der Waals surface area contributed by atoms with Gasteiger partial charge in [-0.2, -0.15) is 0 Å². The number of carbonyl (C=O) groups excluding carboxylic acids is 1. The van der Waals surface area contributed by atoms with Crippen LogP contribution in [0.3, 0.4) is 0 Å². The Morgan fingerprint density at radius 3 is 3.08 bits per heavy atom. The highest BCUT2D eigenvalue weighted by molar-refractivity contribution is 5.85. The molecule has 4 aliphatic heterocycles. The smallest absolute Gasteiger partial charge is 0.152 e. The first-order chi connectivity index (χ1) is 6.27. The SMILES string of the molecule is O=C1CN2C3CCCC2C(O)C1C3. The summed E-state index contributed by atoms with van der Waals surface area (Å²) in [6.45, 7) is 0.608. The lowest BCUT2D eigenvalue weighted by atomic mass is 9.71. The van der Waals surface area contributed by atoms with Gasteiger partial charge in [-0.05, 0) is 19.3 Å². The predicted octanol–water partition coefficient (Wildman–Crippen LogP) is 0.173. The molecule has 3 heteroatoms. The third-order valence-electron chi connectivity index (χ3n) is 4.02. The summed E-state index contributed by atoms with van der Waals surface area (Å²) in [4.78, 5) is 13.7. The predicted molar refractivity (Wildman–Crippen MR) is 47.3 cm³/mol. The molecule has 1 N–H and O–H groups in total. The quantitative estimate of drug-likeness (QED) is 0.579. The molecule has 4 saturated heterocycles. The molecule has 4 fully saturated rings. The lowest BCUT2D eigenvalue weighted by molar-refractivity contribution is -0.159. The van der Waals surface area contributed by atoms with E-state index < -0.39 is 0 Å². The van der Waals surface area contributed by atoms with E-state index in [1.807, 2.05) is 0 Å². The number of ketones is 1. The van der Waals surface area contributed by atoms with Crippen molar-refractivity contribution in [1.29, 1.82) is 0 Å². The normalized spacial score (nSPS) is 53.9. The monoisotopic (exact) mass is 181 g/mol. The van der Waals surface area contributed by atoms with Crippen LogP contribution in [0.15, 0.2) is 0 Å². The van der Waals surface area contributed by atoms with E-state index in [-0.39, 0.29) is 17.8 Å². The molecule has 0 amide bonds. The average molecular weight is 181 g/mol. The Morgan fingerprint density at radius 2 is 2.23 bits per heavy atom. The second kappa shape index (κ2) is 2.55. The maximum Gasteiger partial charge on any atom is 0.152 e. The molecule has 4 bridgehead atoms. The van der Waals surface area contributed by atoms with Crippen LogP contribution >= 0.6 is 0 Å². The van der Waals surface area contributed by atoms with Crippen molar-refractivity contribution < 1.29 is 9.90 Å². The van der Waals surface area contributed by atoms with Crippen molar-refractivity contribution in [2.75, 3.05) is 6.54 Å². The second-order valence-corrected chi connectivity index (χ2v) is 4.62. The zero-order valence-corrected chi connectivity index (χ0v) is 7.65. The van der Waals surface area contributed by atoms with Crippen molar-refractivity contribution in [3.05, 3.63) is 0 Å². The Bertz CT molecular complexity index is 253. The number of fused-ring (bicyclic) bond motifs is 1. The summed E-state index contributed by atoms with van der Waals surface area (Å²) in [5.74, 6) is 0.238. The Labute approximate surface area is 77.7 Å². The highest BCUT2D eigenvalue weighted by Gasteiger charge is 2.51. The summed E-state index contributed by atoms with van der Waals surface area (Å²) in [7, 11) is 0. The van der Waals surface area contributed by atoms with Crippen molar-refractivity contribution in [3.63, 3.8) is 0 Å². The van der Waals surface area contributed by atoms with Gasteiger partial charge in [0.1, 0.15) is 0 Å². The fourth-order valence-corrected chi connectivity index (χ4v) is 3.35. The van der Waals surface area contributed by atoms with Crippen molar-refractivity contribution in [2.24, 2.45) is 5.92 Å². The molecule has 13 heavy (non-hydrogen) atoms. The molecule has 0 radical (unpaired) electrons. The first kappa shape index (κ1) is 7.94. The van der Waals surface area contributed by atoms with Crippen LogP contribution < -0.4 is 0 Å². The number of aliphatic hydroxyl groups excluding tert-OH is 1. The van der Waals surface area contributed by atoms with Gasteiger partial charge in [-0.25, -0.2) is 0 Å². The number of nitrogens with zero attached hydrogens (tertiary/aromatic N) is 1. The van der Waals surface area contributed by atoms with Crippen LogP contribution in [0.2, 0.25) is 0 Å². The molecule has 0 aromatic carbocycles. The Kier molecular flexibility index (Phi) is 1.56. The molecule has 0 spiro atoms. The highest BCUT2D eigenvalue weighted by Crippen LogP contribution is 2.41. The third kappa shape index (κ3) is 0.945. The Balaban J connectivity index is 1.95. The summed E-state index contributed by atoms with van der Waals surface area (Å²) >= 11 is 0. The van der Waals surface area contributed by atoms with Crippen molar-refractivity contribution in [3.8, 4) is 0 Å². The molecule has 4 aliphatic rings. The van der Waals surface area contributed by atoms with Gasteiger partial charge in [0.25, 0.3) is 0 Å². The van der Waals surface area contributed by atoms with Gasteiger partial charge in [0.15, 0.2) is 5.78 Å². The van der Waals surface area contributed by atoms with Crippen LogP contribution in [0.25, 0.3) is 0 Å². The minimum atomic E-state index is -0.363. The summed E-state index contributed by atoms with van der Waals surface area (Å²) in [6, 6.07) is 0.903. The summed E-state index contributed by atoms with van der Waals surface area (Å²) < 4.78 is 0. The summed E-state index contributed by atoms with van der Waals surface area (Å²) in [5.41, 5.74) is 0. The zero-order chi connectivity index (χ0) is 9.00.